The normalized spacial score (nSPS) is 14.5. The SMILES string of the molecule is COc1cc(C)c(S(=O)(=O)Nc2ccc(C)c(N3CCCC3=O)c2)cc1C. The van der Waals surface area contributed by atoms with Crippen molar-refractivity contribution in [3.05, 3.63) is 47.0 Å². The zero-order valence-electron chi connectivity index (χ0n) is 16.0. The second-order valence-electron chi connectivity index (χ2n) is 6.84. The second-order valence-corrected chi connectivity index (χ2v) is 8.49. The van der Waals surface area contributed by atoms with Gasteiger partial charge in [-0.1, -0.05) is 6.07 Å². The number of rotatable bonds is 5. The fraction of sp³-hybridized carbons (Fsp3) is 0.350. The summed E-state index contributed by atoms with van der Waals surface area (Å²) >= 11 is 0. The van der Waals surface area contributed by atoms with Crippen LogP contribution in [0.1, 0.15) is 29.5 Å². The number of nitrogens with zero attached hydrogens (tertiary/aromatic N) is 1. The van der Waals surface area contributed by atoms with E-state index < -0.39 is 10.0 Å². The minimum absolute atomic E-state index is 0.0692. The topological polar surface area (TPSA) is 75.7 Å². The predicted molar refractivity (Wildman–Crippen MR) is 106 cm³/mol. The summed E-state index contributed by atoms with van der Waals surface area (Å²) in [5.41, 5.74) is 3.47. The molecule has 0 spiro atoms. The van der Waals surface area contributed by atoms with Crippen molar-refractivity contribution < 1.29 is 17.9 Å². The van der Waals surface area contributed by atoms with E-state index in [0.717, 1.165) is 23.2 Å². The standard InChI is InChI=1S/C20H24N2O4S/c1-13-7-8-16(12-17(13)22-9-5-6-20(22)23)21-27(24,25)19-11-14(2)18(26-4)10-15(19)3/h7-8,10-12,21H,5-6,9H2,1-4H3. The van der Waals surface area contributed by atoms with Crippen LogP contribution in [0.4, 0.5) is 11.4 Å². The summed E-state index contributed by atoms with van der Waals surface area (Å²) in [6.45, 7) is 6.11. The van der Waals surface area contributed by atoms with Crippen molar-refractivity contribution in [2.24, 2.45) is 0 Å². The van der Waals surface area contributed by atoms with Gasteiger partial charge < -0.3 is 9.64 Å². The van der Waals surface area contributed by atoms with Crippen LogP contribution in [-0.4, -0.2) is 28.0 Å². The molecule has 1 heterocycles. The molecule has 0 radical (unpaired) electrons. The van der Waals surface area contributed by atoms with Gasteiger partial charge in [0.1, 0.15) is 5.75 Å². The quantitative estimate of drug-likeness (QED) is 0.850. The van der Waals surface area contributed by atoms with Gasteiger partial charge in [-0.15, -0.1) is 0 Å². The van der Waals surface area contributed by atoms with E-state index in [-0.39, 0.29) is 10.8 Å². The summed E-state index contributed by atoms with van der Waals surface area (Å²) in [6.07, 6.45) is 1.35. The van der Waals surface area contributed by atoms with Crippen LogP contribution in [0.25, 0.3) is 0 Å². The Kier molecular flexibility index (Phi) is 5.15. The van der Waals surface area contributed by atoms with Gasteiger partial charge >= 0.3 is 0 Å². The molecule has 1 aliphatic rings. The fourth-order valence-electron chi connectivity index (χ4n) is 3.35. The molecule has 0 atom stereocenters. The second kappa shape index (κ2) is 7.23. The molecule has 3 rings (SSSR count). The molecular weight excluding hydrogens is 364 g/mol. The van der Waals surface area contributed by atoms with E-state index in [1.54, 1.807) is 50.1 Å². The Morgan fingerprint density at radius 1 is 1.04 bits per heavy atom. The Labute approximate surface area is 160 Å². The predicted octanol–water partition coefficient (Wildman–Crippen LogP) is 3.55. The van der Waals surface area contributed by atoms with Crippen LogP contribution in [-0.2, 0) is 14.8 Å². The van der Waals surface area contributed by atoms with Crippen molar-refractivity contribution >= 4 is 27.3 Å². The zero-order valence-corrected chi connectivity index (χ0v) is 16.8. The van der Waals surface area contributed by atoms with Crippen LogP contribution in [0.5, 0.6) is 5.75 Å². The van der Waals surface area contributed by atoms with Crippen molar-refractivity contribution in [2.75, 3.05) is 23.3 Å². The van der Waals surface area contributed by atoms with Gasteiger partial charge in [-0.05, 0) is 68.1 Å². The first-order chi connectivity index (χ1) is 12.7. The molecule has 0 saturated carbocycles. The molecule has 1 N–H and O–H groups in total. The lowest BCUT2D eigenvalue weighted by molar-refractivity contribution is -0.117. The largest absolute Gasteiger partial charge is 0.496 e. The van der Waals surface area contributed by atoms with Crippen LogP contribution >= 0.6 is 0 Å². The van der Waals surface area contributed by atoms with Crippen LogP contribution in [0, 0.1) is 20.8 Å². The van der Waals surface area contributed by atoms with Crippen LogP contribution in [0.15, 0.2) is 35.2 Å². The van der Waals surface area contributed by atoms with Gasteiger partial charge in [-0.3, -0.25) is 9.52 Å². The first-order valence-corrected chi connectivity index (χ1v) is 10.3. The number of hydrogen-bond donors (Lipinski definition) is 1. The van der Waals surface area contributed by atoms with Crippen LogP contribution in [0.3, 0.4) is 0 Å². The highest BCUT2D eigenvalue weighted by Crippen LogP contribution is 2.31. The summed E-state index contributed by atoms with van der Waals surface area (Å²) < 4.78 is 33.7. The minimum Gasteiger partial charge on any atom is -0.496 e. The fourth-order valence-corrected chi connectivity index (χ4v) is 4.71. The maximum absolute atomic E-state index is 12.9. The van der Waals surface area contributed by atoms with Gasteiger partial charge in [0.05, 0.1) is 17.7 Å². The third-order valence-electron chi connectivity index (χ3n) is 4.81. The highest BCUT2D eigenvalue weighted by atomic mass is 32.2. The number of nitrogens with one attached hydrogen (secondary N) is 1. The number of benzene rings is 2. The number of anilines is 2. The van der Waals surface area contributed by atoms with E-state index in [4.69, 9.17) is 4.74 Å². The Hall–Kier alpha value is -2.54. The Morgan fingerprint density at radius 3 is 2.41 bits per heavy atom. The van der Waals surface area contributed by atoms with E-state index in [1.165, 1.54) is 0 Å². The van der Waals surface area contributed by atoms with E-state index >= 15 is 0 Å². The van der Waals surface area contributed by atoms with Crippen molar-refractivity contribution in [1.29, 1.82) is 0 Å². The summed E-state index contributed by atoms with van der Waals surface area (Å²) in [5.74, 6) is 0.719. The summed E-state index contributed by atoms with van der Waals surface area (Å²) in [4.78, 5) is 14.0. The molecule has 1 aliphatic heterocycles. The van der Waals surface area contributed by atoms with Gasteiger partial charge in [0.25, 0.3) is 10.0 Å². The number of carbonyl (C=O) groups is 1. The highest BCUT2D eigenvalue weighted by molar-refractivity contribution is 7.92. The lowest BCUT2D eigenvalue weighted by Crippen LogP contribution is -2.24. The minimum atomic E-state index is -3.77. The first-order valence-electron chi connectivity index (χ1n) is 8.82. The smallest absolute Gasteiger partial charge is 0.262 e. The lowest BCUT2D eigenvalue weighted by Gasteiger charge is -2.20. The molecular formula is C20H24N2O4S. The molecule has 0 unspecified atom stereocenters. The molecule has 2 aromatic rings. The van der Waals surface area contributed by atoms with Crippen molar-refractivity contribution in [3.63, 3.8) is 0 Å². The van der Waals surface area contributed by atoms with Gasteiger partial charge in [0, 0.05) is 18.7 Å². The zero-order chi connectivity index (χ0) is 19.8. The number of carbonyl (C=O) groups excluding carboxylic acids is 1. The molecule has 0 bridgehead atoms. The Morgan fingerprint density at radius 2 is 1.78 bits per heavy atom. The maximum Gasteiger partial charge on any atom is 0.262 e. The third kappa shape index (κ3) is 3.78. The van der Waals surface area contributed by atoms with Gasteiger partial charge in [-0.25, -0.2) is 8.42 Å². The van der Waals surface area contributed by atoms with E-state index in [2.05, 4.69) is 4.72 Å². The van der Waals surface area contributed by atoms with Crippen molar-refractivity contribution in [1.82, 2.24) is 0 Å². The third-order valence-corrected chi connectivity index (χ3v) is 6.33. The highest BCUT2D eigenvalue weighted by Gasteiger charge is 2.24. The van der Waals surface area contributed by atoms with Gasteiger partial charge in [0.2, 0.25) is 5.91 Å². The number of amides is 1. The number of methoxy groups -OCH3 is 1. The van der Waals surface area contributed by atoms with E-state index in [1.807, 2.05) is 13.0 Å². The molecule has 1 saturated heterocycles. The summed E-state index contributed by atoms with van der Waals surface area (Å²) in [6, 6.07) is 8.58. The van der Waals surface area contributed by atoms with E-state index in [9.17, 15) is 13.2 Å². The molecule has 2 aromatic carbocycles. The number of hydrogen-bond acceptors (Lipinski definition) is 4. The molecule has 0 aromatic heterocycles. The Bertz CT molecular complexity index is 999. The van der Waals surface area contributed by atoms with Crippen LogP contribution in [0.2, 0.25) is 0 Å². The lowest BCUT2D eigenvalue weighted by atomic mass is 10.1. The monoisotopic (exact) mass is 388 g/mol. The van der Waals surface area contributed by atoms with Gasteiger partial charge in [0.15, 0.2) is 0 Å². The molecule has 1 fully saturated rings. The van der Waals surface area contributed by atoms with Crippen molar-refractivity contribution in [2.45, 2.75) is 38.5 Å². The summed E-state index contributed by atoms with van der Waals surface area (Å²) in [7, 11) is -2.21. The van der Waals surface area contributed by atoms with E-state index in [0.29, 0.717) is 30.0 Å². The maximum atomic E-state index is 12.9. The molecule has 144 valence electrons. The number of ether oxygens (including phenoxy) is 1. The number of sulfonamides is 1. The average Bonchev–Trinajstić information content (AvgIpc) is 3.03. The van der Waals surface area contributed by atoms with Gasteiger partial charge in [-0.2, -0.15) is 0 Å². The Balaban J connectivity index is 1.95. The average molecular weight is 388 g/mol. The molecule has 6 nitrogen and oxygen atoms in total. The molecule has 27 heavy (non-hydrogen) atoms. The molecule has 0 aliphatic carbocycles. The molecule has 7 heteroatoms. The van der Waals surface area contributed by atoms with Crippen molar-refractivity contribution in [3.8, 4) is 5.75 Å². The van der Waals surface area contributed by atoms with Crippen LogP contribution < -0.4 is 14.4 Å². The molecule has 1 amide bonds. The first kappa shape index (κ1) is 19.2. The summed E-state index contributed by atoms with van der Waals surface area (Å²) in [5, 5.41) is 0. The number of aryl methyl sites for hydroxylation is 3.